The van der Waals surface area contributed by atoms with Crippen molar-refractivity contribution in [2.24, 2.45) is 17.3 Å². The predicted octanol–water partition coefficient (Wildman–Crippen LogP) is 5.29. The van der Waals surface area contributed by atoms with Crippen LogP contribution in [0.3, 0.4) is 0 Å². The first-order valence-electron chi connectivity index (χ1n) is 12.0. The van der Waals surface area contributed by atoms with Gasteiger partial charge in [0.1, 0.15) is 11.5 Å². The number of carbonyl (C=O) groups is 1. The first-order valence-corrected chi connectivity index (χ1v) is 12.0. The van der Waals surface area contributed by atoms with Crippen LogP contribution in [0.25, 0.3) is 5.82 Å². The Morgan fingerprint density at radius 1 is 1.25 bits per heavy atom. The highest BCUT2D eigenvalue weighted by Crippen LogP contribution is 2.30. The second kappa shape index (κ2) is 10.1. The number of carbonyl (C=O) groups excluding carboxylic acids is 1. The summed E-state index contributed by atoms with van der Waals surface area (Å²) in [7, 11) is 1.66. The van der Waals surface area contributed by atoms with E-state index >= 15 is 0 Å². The lowest BCUT2D eigenvalue weighted by molar-refractivity contribution is 0.0936. The quantitative estimate of drug-likeness (QED) is 0.635. The van der Waals surface area contributed by atoms with Crippen molar-refractivity contribution in [3.05, 3.63) is 35.0 Å². The predicted molar refractivity (Wildman–Crippen MR) is 129 cm³/mol. The number of imidazole rings is 1. The van der Waals surface area contributed by atoms with Crippen LogP contribution in [0.4, 0.5) is 0 Å². The van der Waals surface area contributed by atoms with Gasteiger partial charge in [-0.15, -0.1) is 0 Å². The van der Waals surface area contributed by atoms with Gasteiger partial charge in [0.2, 0.25) is 0 Å². The van der Waals surface area contributed by atoms with Crippen molar-refractivity contribution in [1.82, 2.24) is 19.9 Å². The summed E-state index contributed by atoms with van der Waals surface area (Å²) < 4.78 is 7.67. The van der Waals surface area contributed by atoms with Gasteiger partial charge in [-0.1, -0.05) is 47.5 Å². The molecule has 3 rings (SSSR count). The van der Waals surface area contributed by atoms with Crippen molar-refractivity contribution in [3.63, 3.8) is 0 Å². The summed E-state index contributed by atoms with van der Waals surface area (Å²) in [6.07, 6.45) is 8.41. The molecule has 2 heterocycles. The fraction of sp³-hybridized carbons (Fsp3) is 0.654. The van der Waals surface area contributed by atoms with E-state index in [1.807, 2.05) is 24.6 Å². The molecule has 6 heteroatoms. The minimum absolute atomic E-state index is 0.0992. The Balaban J connectivity index is 1.84. The maximum atomic E-state index is 13.0. The van der Waals surface area contributed by atoms with E-state index in [2.05, 4.69) is 39.1 Å². The van der Waals surface area contributed by atoms with Gasteiger partial charge >= 0.3 is 0 Å². The van der Waals surface area contributed by atoms with Crippen molar-refractivity contribution in [2.75, 3.05) is 13.7 Å². The number of aryl methyl sites for hydroxylation is 1. The van der Waals surface area contributed by atoms with Crippen LogP contribution in [0, 0.1) is 24.2 Å². The molecule has 1 amide bonds. The number of methoxy groups -OCH3 is 1. The lowest BCUT2D eigenvalue weighted by Gasteiger charge is -2.26. The average Bonchev–Trinajstić information content (AvgIpc) is 3.08. The third-order valence-corrected chi connectivity index (χ3v) is 6.45. The second-order valence-corrected chi connectivity index (χ2v) is 10.6. The molecule has 0 bridgehead atoms. The van der Waals surface area contributed by atoms with Gasteiger partial charge < -0.3 is 10.1 Å². The third kappa shape index (κ3) is 5.70. The van der Waals surface area contributed by atoms with Gasteiger partial charge in [-0.25, -0.2) is 9.97 Å². The summed E-state index contributed by atoms with van der Waals surface area (Å²) in [6.45, 7) is 13.7. The Kier molecular flexibility index (Phi) is 7.63. The number of hydrogen-bond donors (Lipinski definition) is 1. The number of hydrogen-bond acceptors (Lipinski definition) is 4. The number of nitrogens with one attached hydrogen (secondary N) is 1. The third-order valence-electron chi connectivity index (χ3n) is 6.45. The highest BCUT2D eigenvalue weighted by atomic mass is 16.5. The zero-order chi connectivity index (χ0) is 23.5. The SMILES string of the molecule is CCc1nc(C(=O)NCC2CCC(C)CC2)c(C)n1-c1ncc(CC(C)(C)C)cc1OC. The van der Waals surface area contributed by atoms with Crippen LogP contribution in [0.1, 0.15) is 87.9 Å². The van der Waals surface area contributed by atoms with Crippen molar-refractivity contribution >= 4 is 5.91 Å². The van der Waals surface area contributed by atoms with Crippen LogP contribution < -0.4 is 10.1 Å². The van der Waals surface area contributed by atoms with E-state index in [-0.39, 0.29) is 11.3 Å². The molecule has 32 heavy (non-hydrogen) atoms. The Labute approximate surface area is 193 Å². The summed E-state index contributed by atoms with van der Waals surface area (Å²) in [5, 5.41) is 3.14. The summed E-state index contributed by atoms with van der Waals surface area (Å²) >= 11 is 0. The molecule has 2 aromatic rings. The number of amides is 1. The Morgan fingerprint density at radius 2 is 1.94 bits per heavy atom. The van der Waals surface area contributed by atoms with Crippen LogP contribution in [-0.4, -0.2) is 34.1 Å². The van der Waals surface area contributed by atoms with Crippen LogP contribution in [0.15, 0.2) is 12.3 Å². The fourth-order valence-corrected chi connectivity index (χ4v) is 4.65. The molecule has 1 fully saturated rings. The lowest BCUT2D eigenvalue weighted by atomic mass is 9.83. The van der Waals surface area contributed by atoms with Gasteiger partial charge in [-0.05, 0) is 55.1 Å². The Bertz CT molecular complexity index is 934. The number of rotatable bonds is 7. The van der Waals surface area contributed by atoms with E-state index in [1.54, 1.807) is 7.11 Å². The zero-order valence-corrected chi connectivity index (χ0v) is 20.9. The number of nitrogens with zero attached hydrogens (tertiary/aromatic N) is 3. The molecular weight excluding hydrogens is 400 g/mol. The second-order valence-electron chi connectivity index (χ2n) is 10.6. The summed E-state index contributed by atoms with van der Waals surface area (Å²) in [6, 6.07) is 2.05. The molecule has 0 atom stereocenters. The van der Waals surface area contributed by atoms with Crippen LogP contribution >= 0.6 is 0 Å². The van der Waals surface area contributed by atoms with Crippen LogP contribution in [0.5, 0.6) is 5.75 Å². The minimum Gasteiger partial charge on any atom is -0.493 e. The molecule has 1 saturated carbocycles. The topological polar surface area (TPSA) is 69.0 Å². The summed E-state index contributed by atoms with van der Waals surface area (Å²) in [4.78, 5) is 22.4. The summed E-state index contributed by atoms with van der Waals surface area (Å²) in [5.74, 6) is 3.48. The van der Waals surface area contributed by atoms with E-state index in [9.17, 15) is 4.79 Å². The molecule has 0 spiro atoms. The monoisotopic (exact) mass is 440 g/mol. The zero-order valence-electron chi connectivity index (χ0n) is 20.9. The first-order chi connectivity index (χ1) is 15.1. The van der Waals surface area contributed by atoms with Gasteiger partial charge in [0.15, 0.2) is 11.6 Å². The maximum absolute atomic E-state index is 13.0. The van der Waals surface area contributed by atoms with E-state index < -0.39 is 0 Å². The van der Waals surface area contributed by atoms with Gasteiger partial charge in [-0.2, -0.15) is 0 Å². The number of ether oxygens (including phenoxy) is 1. The molecule has 0 aromatic carbocycles. The highest BCUT2D eigenvalue weighted by Gasteiger charge is 2.24. The Hall–Kier alpha value is -2.37. The van der Waals surface area contributed by atoms with Crippen LogP contribution in [0.2, 0.25) is 0 Å². The molecule has 0 radical (unpaired) electrons. The number of aromatic nitrogens is 3. The van der Waals surface area contributed by atoms with Gasteiger partial charge in [0, 0.05) is 19.2 Å². The normalized spacial score (nSPS) is 19.1. The van der Waals surface area contributed by atoms with E-state index in [4.69, 9.17) is 14.7 Å². The molecular formula is C26H40N4O2. The minimum atomic E-state index is -0.0992. The maximum Gasteiger partial charge on any atom is 0.271 e. The molecule has 1 N–H and O–H groups in total. The molecule has 2 aromatic heterocycles. The smallest absolute Gasteiger partial charge is 0.271 e. The van der Waals surface area contributed by atoms with Gasteiger partial charge in [0.05, 0.1) is 12.8 Å². The van der Waals surface area contributed by atoms with Gasteiger partial charge in [0.25, 0.3) is 5.91 Å². The molecule has 0 saturated heterocycles. The number of pyridine rings is 1. The van der Waals surface area contributed by atoms with E-state index in [0.717, 1.165) is 36.0 Å². The van der Waals surface area contributed by atoms with Crippen molar-refractivity contribution < 1.29 is 9.53 Å². The van der Waals surface area contributed by atoms with Crippen molar-refractivity contribution in [1.29, 1.82) is 0 Å². The molecule has 0 aliphatic heterocycles. The standard InChI is InChI=1S/C26H40N4O2/c1-8-22-29-23(25(31)28-15-19-11-9-17(2)10-12-19)18(3)30(22)24-21(32-7)13-20(16-27-24)14-26(4,5)6/h13,16-17,19H,8-12,14-15H2,1-7H3,(H,28,31). The molecule has 1 aliphatic carbocycles. The van der Waals surface area contributed by atoms with E-state index in [1.165, 1.54) is 25.7 Å². The molecule has 6 nitrogen and oxygen atoms in total. The lowest BCUT2D eigenvalue weighted by Crippen LogP contribution is -2.31. The molecule has 0 unspecified atom stereocenters. The van der Waals surface area contributed by atoms with Crippen LogP contribution in [-0.2, 0) is 12.8 Å². The highest BCUT2D eigenvalue weighted by molar-refractivity contribution is 5.93. The van der Waals surface area contributed by atoms with Crippen molar-refractivity contribution in [3.8, 4) is 11.6 Å². The molecule has 1 aliphatic rings. The Morgan fingerprint density at radius 3 is 2.53 bits per heavy atom. The molecule has 176 valence electrons. The largest absolute Gasteiger partial charge is 0.493 e. The van der Waals surface area contributed by atoms with Crippen molar-refractivity contribution in [2.45, 2.75) is 80.1 Å². The summed E-state index contributed by atoms with van der Waals surface area (Å²) in [5.41, 5.74) is 2.57. The fourth-order valence-electron chi connectivity index (χ4n) is 4.65. The first kappa shape index (κ1) is 24.3. The average molecular weight is 441 g/mol. The van der Waals surface area contributed by atoms with Gasteiger partial charge in [-0.3, -0.25) is 9.36 Å². The van der Waals surface area contributed by atoms with E-state index in [0.29, 0.717) is 29.6 Å².